The number of fused-ring (bicyclic) bond motifs is 2. The molecule has 0 spiro atoms. The number of hydrogen-bond donors (Lipinski definition) is 0. The number of hydrogen-bond acceptors (Lipinski definition) is 1. The predicted molar refractivity (Wildman–Crippen MR) is 124 cm³/mol. The fourth-order valence-corrected chi connectivity index (χ4v) is 4.69. The SMILES string of the molecule is COc1ccc(-c2c3cccc(F)c3c(-c3c(F)c(F)c(C(F)(F)F)c(F)c3F)c3c(F)ccc(F)c23)cc1. The molecule has 39 heavy (non-hydrogen) atoms. The highest BCUT2D eigenvalue weighted by molar-refractivity contribution is 6.22. The Balaban J connectivity index is 2.08. The number of rotatable bonds is 3. The van der Waals surface area contributed by atoms with E-state index in [2.05, 4.69) is 0 Å². The van der Waals surface area contributed by atoms with E-state index in [0.717, 1.165) is 12.1 Å². The van der Waals surface area contributed by atoms with Gasteiger partial charge >= 0.3 is 6.18 Å². The van der Waals surface area contributed by atoms with Crippen molar-refractivity contribution in [2.24, 2.45) is 0 Å². The Kier molecular flexibility index (Phi) is 6.20. The molecule has 0 aromatic heterocycles. The van der Waals surface area contributed by atoms with Crippen LogP contribution < -0.4 is 4.74 Å². The maximum absolute atomic E-state index is 15.4. The number of alkyl halides is 3. The summed E-state index contributed by atoms with van der Waals surface area (Å²) in [5.41, 5.74) is -5.88. The highest BCUT2D eigenvalue weighted by atomic mass is 19.4. The van der Waals surface area contributed by atoms with Crippen LogP contribution in [0.15, 0.2) is 54.6 Å². The topological polar surface area (TPSA) is 9.23 Å². The van der Waals surface area contributed by atoms with Crippen LogP contribution >= 0.6 is 0 Å². The summed E-state index contributed by atoms with van der Waals surface area (Å²) >= 11 is 0. The van der Waals surface area contributed by atoms with E-state index in [1.807, 2.05) is 0 Å². The molecule has 200 valence electrons. The van der Waals surface area contributed by atoms with E-state index in [1.165, 1.54) is 37.4 Å². The second-order valence-electron chi connectivity index (χ2n) is 8.42. The van der Waals surface area contributed by atoms with E-state index in [1.54, 1.807) is 0 Å². The van der Waals surface area contributed by atoms with Gasteiger partial charge in [0, 0.05) is 27.3 Å². The van der Waals surface area contributed by atoms with E-state index < -0.39 is 79.7 Å². The lowest BCUT2D eigenvalue weighted by atomic mass is 9.84. The zero-order chi connectivity index (χ0) is 28.4. The molecule has 0 aliphatic carbocycles. The predicted octanol–water partition coefficient (Wildman–Crippen LogP) is 9.33. The monoisotopic (exact) mass is 554 g/mol. The van der Waals surface area contributed by atoms with Crippen molar-refractivity contribution in [1.82, 2.24) is 0 Å². The first kappa shape index (κ1) is 26.3. The summed E-state index contributed by atoms with van der Waals surface area (Å²) in [6.45, 7) is 0. The lowest BCUT2D eigenvalue weighted by molar-refractivity contribution is -0.143. The van der Waals surface area contributed by atoms with E-state index in [9.17, 15) is 22.0 Å². The average Bonchev–Trinajstić information content (AvgIpc) is 2.89. The van der Waals surface area contributed by atoms with Crippen LogP contribution in [0.3, 0.4) is 0 Å². The first-order valence-corrected chi connectivity index (χ1v) is 11.0. The second kappa shape index (κ2) is 9.18. The van der Waals surface area contributed by atoms with Crippen LogP contribution in [-0.2, 0) is 6.18 Å². The van der Waals surface area contributed by atoms with Crippen molar-refractivity contribution in [2.75, 3.05) is 7.11 Å². The molecule has 0 aliphatic rings. The van der Waals surface area contributed by atoms with Crippen molar-refractivity contribution in [3.63, 3.8) is 0 Å². The lowest BCUT2D eigenvalue weighted by Gasteiger charge is -2.21. The molecule has 5 aromatic rings. The number of ether oxygens (including phenoxy) is 1. The third-order valence-corrected chi connectivity index (χ3v) is 6.31. The van der Waals surface area contributed by atoms with Crippen LogP contribution in [0.5, 0.6) is 5.75 Å². The van der Waals surface area contributed by atoms with Gasteiger partial charge in [-0.05, 0) is 41.3 Å². The summed E-state index contributed by atoms with van der Waals surface area (Å²) < 4.78 is 150. The third kappa shape index (κ3) is 3.95. The number of methoxy groups -OCH3 is 1. The van der Waals surface area contributed by atoms with Gasteiger partial charge < -0.3 is 4.74 Å². The van der Waals surface area contributed by atoms with Gasteiger partial charge in [0.05, 0.1) is 12.7 Å². The fraction of sp³-hybridized carbons (Fsp3) is 0.0714. The highest BCUT2D eigenvalue weighted by Crippen LogP contribution is 2.49. The molecule has 0 saturated heterocycles. The maximum atomic E-state index is 15.4. The number of benzene rings is 5. The van der Waals surface area contributed by atoms with Crippen LogP contribution in [-0.4, -0.2) is 7.11 Å². The zero-order valence-electron chi connectivity index (χ0n) is 19.4. The molecule has 0 aliphatic heterocycles. The Hall–Kier alpha value is -4.28. The van der Waals surface area contributed by atoms with Crippen molar-refractivity contribution in [2.45, 2.75) is 6.18 Å². The van der Waals surface area contributed by atoms with Crippen LogP contribution in [0.4, 0.5) is 43.9 Å². The summed E-state index contributed by atoms with van der Waals surface area (Å²) in [4.78, 5) is 0. The molecule has 0 atom stereocenters. The molecule has 5 aromatic carbocycles. The van der Waals surface area contributed by atoms with Crippen molar-refractivity contribution in [3.8, 4) is 28.0 Å². The Bertz CT molecular complexity index is 1760. The molecule has 0 heterocycles. The van der Waals surface area contributed by atoms with Crippen LogP contribution in [0.2, 0.25) is 0 Å². The molecule has 5 rings (SSSR count). The molecular weight excluding hydrogens is 542 g/mol. The molecular formula is C28H12F10O. The molecule has 0 fully saturated rings. The van der Waals surface area contributed by atoms with Crippen LogP contribution in [0, 0.1) is 40.7 Å². The molecule has 0 bridgehead atoms. The lowest BCUT2D eigenvalue weighted by Crippen LogP contribution is -2.16. The van der Waals surface area contributed by atoms with E-state index in [0.29, 0.717) is 17.9 Å². The minimum Gasteiger partial charge on any atom is -0.497 e. The fourth-order valence-electron chi connectivity index (χ4n) is 4.69. The standard InChI is InChI=1S/C28H12F10O/c1-39-12-7-5-11(6-8-12)17-13-3-2-4-14(29)18(13)21(20-16(31)10-9-15(30)19(17)20)22-24(32)26(34)23(28(36,37)38)27(35)25(22)33/h2-10H,1H3. The summed E-state index contributed by atoms with van der Waals surface area (Å²) in [6.07, 6.45) is -5.85. The van der Waals surface area contributed by atoms with Gasteiger partial charge in [0.1, 0.15) is 28.8 Å². The Morgan fingerprint density at radius 3 is 1.56 bits per heavy atom. The zero-order valence-corrected chi connectivity index (χ0v) is 19.4. The van der Waals surface area contributed by atoms with Crippen molar-refractivity contribution in [3.05, 3.63) is 101 Å². The van der Waals surface area contributed by atoms with Gasteiger partial charge in [-0.1, -0.05) is 24.3 Å². The van der Waals surface area contributed by atoms with Gasteiger partial charge in [0.15, 0.2) is 23.3 Å². The van der Waals surface area contributed by atoms with Gasteiger partial charge in [0.2, 0.25) is 0 Å². The highest BCUT2D eigenvalue weighted by Gasteiger charge is 2.43. The average molecular weight is 554 g/mol. The molecule has 1 nitrogen and oxygen atoms in total. The van der Waals surface area contributed by atoms with Gasteiger partial charge in [0.25, 0.3) is 0 Å². The maximum Gasteiger partial charge on any atom is 0.422 e. The minimum atomic E-state index is -5.85. The van der Waals surface area contributed by atoms with Gasteiger partial charge in [-0.15, -0.1) is 0 Å². The first-order valence-electron chi connectivity index (χ1n) is 11.0. The Morgan fingerprint density at radius 1 is 0.538 bits per heavy atom. The van der Waals surface area contributed by atoms with E-state index in [-0.39, 0.29) is 16.5 Å². The van der Waals surface area contributed by atoms with Gasteiger partial charge in [-0.2, -0.15) is 13.2 Å². The second-order valence-corrected chi connectivity index (χ2v) is 8.42. The van der Waals surface area contributed by atoms with Crippen LogP contribution in [0.1, 0.15) is 5.56 Å². The van der Waals surface area contributed by atoms with E-state index >= 15 is 22.0 Å². The van der Waals surface area contributed by atoms with Crippen molar-refractivity contribution in [1.29, 1.82) is 0 Å². The summed E-state index contributed by atoms with van der Waals surface area (Å²) in [6, 6.07) is 9.98. The number of halogens is 10. The molecule has 0 radical (unpaired) electrons. The van der Waals surface area contributed by atoms with Crippen molar-refractivity contribution >= 4 is 21.5 Å². The largest absolute Gasteiger partial charge is 0.497 e. The first-order chi connectivity index (χ1) is 18.4. The van der Waals surface area contributed by atoms with E-state index in [4.69, 9.17) is 4.74 Å². The normalized spacial score (nSPS) is 12.0. The smallest absolute Gasteiger partial charge is 0.422 e. The van der Waals surface area contributed by atoms with Gasteiger partial charge in [-0.25, -0.2) is 30.7 Å². The summed E-state index contributed by atoms with van der Waals surface area (Å²) in [5.74, 6) is -14.3. The Labute approximate surface area is 212 Å². The Morgan fingerprint density at radius 2 is 1.05 bits per heavy atom. The molecule has 0 saturated carbocycles. The minimum absolute atomic E-state index is 0.156. The molecule has 0 unspecified atom stereocenters. The third-order valence-electron chi connectivity index (χ3n) is 6.31. The molecule has 0 N–H and O–H groups in total. The van der Waals surface area contributed by atoms with Gasteiger partial charge in [-0.3, -0.25) is 0 Å². The summed E-state index contributed by atoms with van der Waals surface area (Å²) in [7, 11) is 1.37. The molecule has 11 heteroatoms. The summed E-state index contributed by atoms with van der Waals surface area (Å²) in [5, 5.41) is -2.74. The van der Waals surface area contributed by atoms with Crippen molar-refractivity contribution < 1.29 is 48.6 Å². The molecule has 0 amide bonds. The van der Waals surface area contributed by atoms with Crippen LogP contribution in [0.25, 0.3) is 43.8 Å². The quantitative estimate of drug-likeness (QED) is 0.123.